The number of sulfonamides is 1. The highest BCUT2D eigenvalue weighted by Gasteiger charge is 2.17. The van der Waals surface area contributed by atoms with E-state index < -0.39 is 28.3 Å². The number of carbonyl (C=O) groups excluding carboxylic acids is 1. The molecule has 5 nitrogen and oxygen atoms in total. The molecule has 2 aromatic rings. The van der Waals surface area contributed by atoms with Crippen molar-refractivity contribution in [2.45, 2.75) is 25.2 Å². The third-order valence-electron chi connectivity index (χ3n) is 3.53. The molecule has 24 heavy (non-hydrogen) atoms. The molecule has 0 radical (unpaired) electrons. The number of halogens is 1. The largest absolute Gasteiger partial charge is 0.325 e. The predicted octanol–water partition coefficient (Wildman–Crippen LogP) is 2.61. The van der Waals surface area contributed by atoms with Crippen LogP contribution in [0, 0.1) is 12.7 Å². The maximum atomic E-state index is 13.2. The fourth-order valence-electron chi connectivity index (χ4n) is 2.17. The van der Waals surface area contributed by atoms with E-state index >= 15 is 0 Å². The molecule has 7 heteroatoms. The molecule has 128 valence electrons. The van der Waals surface area contributed by atoms with Gasteiger partial charge in [0.05, 0.1) is 11.4 Å². The van der Waals surface area contributed by atoms with E-state index in [2.05, 4.69) is 10.0 Å². The maximum Gasteiger partial charge on any atom is 0.241 e. The monoisotopic (exact) mass is 350 g/mol. The van der Waals surface area contributed by atoms with Crippen LogP contribution in [0.3, 0.4) is 0 Å². The number of nitrogens with one attached hydrogen (secondary N) is 2. The summed E-state index contributed by atoms with van der Waals surface area (Å²) in [4.78, 5) is 11.9. The topological polar surface area (TPSA) is 75.3 Å². The molecule has 1 amide bonds. The second-order valence-electron chi connectivity index (χ2n) is 5.29. The van der Waals surface area contributed by atoms with Crippen molar-refractivity contribution < 1.29 is 17.6 Å². The quantitative estimate of drug-likeness (QED) is 0.841. The van der Waals surface area contributed by atoms with Crippen LogP contribution in [-0.4, -0.2) is 20.9 Å². The third kappa shape index (κ3) is 4.39. The van der Waals surface area contributed by atoms with Crippen LogP contribution in [0.1, 0.15) is 18.1 Å². The highest BCUT2D eigenvalue weighted by Crippen LogP contribution is 2.16. The minimum atomic E-state index is -3.88. The van der Waals surface area contributed by atoms with Gasteiger partial charge in [0, 0.05) is 5.69 Å². The van der Waals surface area contributed by atoms with Gasteiger partial charge in [-0.25, -0.2) is 17.5 Å². The molecule has 0 atom stereocenters. The first-order chi connectivity index (χ1) is 11.3. The summed E-state index contributed by atoms with van der Waals surface area (Å²) >= 11 is 0. The highest BCUT2D eigenvalue weighted by atomic mass is 32.2. The third-order valence-corrected chi connectivity index (χ3v) is 4.93. The van der Waals surface area contributed by atoms with Crippen molar-refractivity contribution in [3.8, 4) is 0 Å². The molecule has 0 aliphatic carbocycles. The lowest BCUT2D eigenvalue weighted by Gasteiger charge is -2.11. The van der Waals surface area contributed by atoms with E-state index in [1.807, 2.05) is 19.1 Å². The molecule has 0 saturated heterocycles. The van der Waals surface area contributed by atoms with Gasteiger partial charge in [0.1, 0.15) is 5.82 Å². The molecule has 0 saturated carbocycles. The number of benzene rings is 2. The number of amides is 1. The molecule has 2 N–H and O–H groups in total. The van der Waals surface area contributed by atoms with Gasteiger partial charge in [-0.3, -0.25) is 4.79 Å². The Morgan fingerprint density at radius 2 is 1.88 bits per heavy atom. The van der Waals surface area contributed by atoms with Gasteiger partial charge in [-0.1, -0.05) is 25.1 Å². The first kappa shape index (κ1) is 18.1. The van der Waals surface area contributed by atoms with Crippen molar-refractivity contribution >= 4 is 21.6 Å². The Labute approximate surface area is 141 Å². The molecular formula is C17H19FN2O3S. The van der Waals surface area contributed by atoms with Gasteiger partial charge in [0.25, 0.3) is 0 Å². The SMILES string of the molecule is CCc1ccccc1NC(=O)CNS(=O)(=O)c1ccc(F)c(C)c1. The lowest BCUT2D eigenvalue weighted by molar-refractivity contribution is -0.115. The number of aryl methyl sites for hydroxylation is 2. The van der Waals surface area contributed by atoms with E-state index in [-0.39, 0.29) is 10.5 Å². The summed E-state index contributed by atoms with van der Waals surface area (Å²) in [5, 5.41) is 2.68. The van der Waals surface area contributed by atoms with E-state index in [9.17, 15) is 17.6 Å². The average molecular weight is 350 g/mol. The Morgan fingerprint density at radius 1 is 1.17 bits per heavy atom. The Kier molecular flexibility index (Phi) is 5.69. The van der Waals surface area contributed by atoms with Crippen LogP contribution >= 0.6 is 0 Å². The Morgan fingerprint density at radius 3 is 2.54 bits per heavy atom. The molecule has 0 aromatic heterocycles. The lowest BCUT2D eigenvalue weighted by atomic mass is 10.1. The zero-order valence-corrected chi connectivity index (χ0v) is 14.3. The summed E-state index contributed by atoms with van der Waals surface area (Å²) in [6.07, 6.45) is 0.747. The minimum Gasteiger partial charge on any atom is -0.325 e. The number of carbonyl (C=O) groups is 1. The van der Waals surface area contributed by atoms with Crippen molar-refractivity contribution in [2.24, 2.45) is 0 Å². The molecule has 0 aliphatic heterocycles. The normalized spacial score (nSPS) is 11.3. The molecule has 2 aromatic carbocycles. The molecule has 0 unspecified atom stereocenters. The molecule has 0 fully saturated rings. The van der Waals surface area contributed by atoms with E-state index in [1.165, 1.54) is 13.0 Å². The molecule has 0 spiro atoms. The highest BCUT2D eigenvalue weighted by molar-refractivity contribution is 7.89. The van der Waals surface area contributed by atoms with Gasteiger partial charge in [-0.15, -0.1) is 0 Å². The summed E-state index contributed by atoms with van der Waals surface area (Å²) in [6, 6.07) is 10.8. The molecule has 2 rings (SSSR count). The fraction of sp³-hybridized carbons (Fsp3) is 0.235. The zero-order chi connectivity index (χ0) is 17.7. The maximum absolute atomic E-state index is 13.2. The van der Waals surface area contributed by atoms with Crippen LogP contribution < -0.4 is 10.0 Å². The van der Waals surface area contributed by atoms with E-state index in [4.69, 9.17) is 0 Å². The van der Waals surface area contributed by atoms with Crippen molar-refractivity contribution in [3.63, 3.8) is 0 Å². The average Bonchev–Trinajstić information content (AvgIpc) is 2.56. The second kappa shape index (κ2) is 7.55. The predicted molar refractivity (Wildman–Crippen MR) is 90.8 cm³/mol. The van der Waals surface area contributed by atoms with Gasteiger partial charge in [-0.2, -0.15) is 0 Å². The van der Waals surface area contributed by atoms with Crippen LogP contribution in [0.15, 0.2) is 47.4 Å². The van der Waals surface area contributed by atoms with Crippen molar-refractivity contribution in [1.82, 2.24) is 4.72 Å². The number of rotatable bonds is 6. The second-order valence-corrected chi connectivity index (χ2v) is 7.06. The standard InChI is InChI=1S/C17H19FN2O3S/c1-3-13-6-4-5-7-16(13)20-17(21)11-19-24(22,23)14-8-9-15(18)12(2)10-14/h4-10,19H,3,11H2,1-2H3,(H,20,21). The van der Waals surface area contributed by atoms with E-state index in [1.54, 1.807) is 12.1 Å². The molecule has 0 aliphatic rings. The van der Waals surface area contributed by atoms with Crippen molar-refractivity contribution in [1.29, 1.82) is 0 Å². The number of anilines is 1. The summed E-state index contributed by atoms with van der Waals surface area (Å²) in [6.45, 7) is 3.03. The van der Waals surface area contributed by atoms with Crippen LogP contribution in [0.2, 0.25) is 0 Å². The Hall–Kier alpha value is -2.25. The fourth-order valence-corrected chi connectivity index (χ4v) is 3.24. The van der Waals surface area contributed by atoms with Gasteiger partial charge < -0.3 is 5.32 Å². The summed E-state index contributed by atoms with van der Waals surface area (Å²) in [5.41, 5.74) is 1.84. The molecule has 0 heterocycles. The van der Waals surface area contributed by atoms with Crippen molar-refractivity contribution in [2.75, 3.05) is 11.9 Å². The first-order valence-electron chi connectivity index (χ1n) is 7.47. The van der Waals surface area contributed by atoms with Crippen LogP contribution in [0.5, 0.6) is 0 Å². The number of hydrogen-bond donors (Lipinski definition) is 2. The van der Waals surface area contributed by atoms with Gasteiger partial charge in [-0.05, 0) is 48.7 Å². The Balaban J connectivity index is 2.03. The summed E-state index contributed by atoms with van der Waals surface area (Å²) in [5.74, 6) is -0.957. The van der Waals surface area contributed by atoms with Crippen molar-refractivity contribution in [3.05, 3.63) is 59.4 Å². The summed E-state index contributed by atoms with van der Waals surface area (Å²) < 4.78 is 39.8. The van der Waals surface area contributed by atoms with Crippen LogP contribution in [0.25, 0.3) is 0 Å². The number of hydrogen-bond acceptors (Lipinski definition) is 3. The first-order valence-corrected chi connectivity index (χ1v) is 8.95. The Bertz CT molecular complexity index is 851. The molecular weight excluding hydrogens is 331 g/mol. The van der Waals surface area contributed by atoms with E-state index in [0.717, 1.165) is 24.1 Å². The lowest BCUT2D eigenvalue weighted by Crippen LogP contribution is -2.33. The van der Waals surface area contributed by atoms with Gasteiger partial charge >= 0.3 is 0 Å². The van der Waals surface area contributed by atoms with Gasteiger partial charge in [0.15, 0.2) is 0 Å². The van der Waals surface area contributed by atoms with Crippen LogP contribution in [-0.2, 0) is 21.2 Å². The minimum absolute atomic E-state index is 0.0804. The van der Waals surface area contributed by atoms with Crippen LogP contribution in [0.4, 0.5) is 10.1 Å². The van der Waals surface area contributed by atoms with Gasteiger partial charge in [0.2, 0.25) is 15.9 Å². The smallest absolute Gasteiger partial charge is 0.241 e. The summed E-state index contributed by atoms with van der Waals surface area (Å²) in [7, 11) is -3.88. The zero-order valence-electron chi connectivity index (χ0n) is 13.5. The number of para-hydroxylation sites is 1. The molecule has 0 bridgehead atoms. The van der Waals surface area contributed by atoms with E-state index in [0.29, 0.717) is 5.69 Å².